The van der Waals surface area contributed by atoms with E-state index in [4.69, 9.17) is 0 Å². The van der Waals surface area contributed by atoms with E-state index in [2.05, 4.69) is 15.3 Å². The minimum atomic E-state index is -0.670. The minimum absolute atomic E-state index is 0.0798. The van der Waals surface area contributed by atoms with Crippen molar-refractivity contribution >= 4 is 11.6 Å². The lowest BCUT2D eigenvalue weighted by atomic mass is 10.1. The van der Waals surface area contributed by atoms with Gasteiger partial charge in [-0.25, -0.2) is 4.79 Å². The third-order valence-corrected chi connectivity index (χ3v) is 4.99. The minimum Gasteiger partial charge on any atom is -0.324 e. The summed E-state index contributed by atoms with van der Waals surface area (Å²) < 4.78 is 2.58. The summed E-state index contributed by atoms with van der Waals surface area (Å²) in [4.78, 5) is 46.3. The zero-order valence-corrected chi connectivity index (χ0v) is 17.2. The molecule has 0 spiro atoms. The molecule has 2 aliphatic rings. The molecule has 0 aliphatic carbocycles. The summed E-state index contributed by atoms with van der Waals surface area (Å²) in [5.41, 5.74) is 2.57. The second kappa shape index (κ2) is 8.35. The van der Waals surface area contributed by atoms with Crippen LogP contribution in [0, 0.1) is 13.8 Å². The predicted molar refractivity (Wildman–Crippen MR) is 117 cm³/mol. The zero-order chi connectivity index (χ0) is 22.0. The molecule has 0 unspecified atom stereocenters. The Hall–Kier alpha value is -4.07. The maximum atomic E-state index is 13.0. The van der Waals surface area contributed by atoms with Crippen molar-refractivity contribution in [1.29, 1.82) is 0 Å². The van der Waals surface area contributed by atoms with Gasteiger partial charge in [-0.1, -0.05) is 18.2 Å². The number of amides is 1. The number of nitrogens with zero attached hydrogens (tertiary/aromatic N) is 4. The van der Waals surface area contributed by atoms with Crippen LogP contribution in [0.2, 0.25) is 0 Å². The van der Waals surface area contributed by atoms with Crippen LogP contribution >= 0.6 is 0 Å². The van der Waals surface area contributed by atoms with Crippen molar-refractivity contribution in [3.8, 4) is 11.4 Å². The van der Waals surface area contributed by atoms with Gasteiger partial charge in [0.2, 0.25) is 5.91 Å². The Morgan fingerprint density at radius 1 is 1.10 bits per heavy atom. The molecule has 0 fully saturated rings. The predicted octanol–water partition coefficient (Wildman–Crippen LogP) is 2.21. The van der Waals surface area contributed by atoms with Crippen molar-refractivity contribution in [3.05, 3.63) is 98.6 Å². The average molecular weight is 415 g/mol. The SMILES string of the molecule is Cc1ccc(C)c(NC(=O)Cn2cccc3c(=O)n(Cc4cccnc4)c(=O)nc2-3)c1. The van der Waals surface area contributed by atoms with Gasteiger partial charge in [0.15, 0.2) is 5.82 Å². The largest absolute Gasteiger partial charge is 0.352 e. The Morgan fingerprint density at radius 2 is 1.94 bits per heavy atom. The van der Waals surface area contributed by atoms with Gasteiger partial charge in [-0.2, -0.15) is 4.98 Å². The highest BCUT2D eigenvalue weighted by atomic mass is 16.2. The summed E-state index contributed by atoms with van der Waals surface area (Å²) in [6, 6.07) is 12.6. The van der Waals surface area contributed by atoms with E-state index in [1.807, 2.05) is 32.0 Å². The summed E-state index contributed by atoms with van der Waals surface area (Å²) in [5, 5.41) is 2.88. The van der Waals surface area contributed by atoms with E-state index < -0.39 is 11.2 Å². The molecule has 1 aromatic carbocycles. The van der Waals surface area contributed by atoms with Crippen LogP contribution in [-0.2, 0) is 17.9 Å². The number of aryl methyl sites for hydroxylation is 2. The highest BCUT2D eigenvalue weighted by Gasteiger charge is 2.18. The van der Waals surface area contributed by atoms with Crippen molar-refractivity contribution in [2.75, 3.05) is 5.32 Å². The monoisotopic (exact) mass is 415 g/mol. The van der Waals surface area contributed by atoms with Crippen LogP contribution in [0.1, 0.15) is 16.7 Å². The molecule has 31 heavy (non-hydrogen) atoms. The number of aromatic nitrogens is 4. The number of carbonyl (C=O) groups is 1. The van der Waals surface area contributed by atoms with Gasteiger partial charge in [0, 0.05) is 24.3 Å². The van der Waals surface area contributed by atoms with Gasteiger partial charge in [0.05, 0.1) is 12.1 Å². The molecular formula is C23H21N5O3. The number of pyridine rings is 2. The summed E-state index contributed by atoms with van der Waals surface area (Å²) in [5.74, 6) is -0.101. The molecule has 8 heteroatoms. The molecule has 0 radical (unpaired) electrons. The molecule has 8 nitrogen and oxygen atoms in total. The summed E-state index contributed by atoms with van der Waals surface area (Å²) in [6.07, 6.45) is 4.84. The lowest BCUT2D eigenvalue weighted by Gasteiger charge is -2.16. The third kappa shape index (κ3) is 4.28. The molecule has 3 heterocycles. The van der Waals surface area contributed by atoms with Gasteiger partial charge in [-0.05, 0) is 54.8 Å². The number of hydrogen-bond donors (Lipinski definition) is 1. The lowest BCUT2D eigenvalue weighted by Crippen LogP contribution is -2.38. The first kappa shape index (κ1) is 20.2. The molecule has 2 aliphatic heterocycles. The number of hydrogen-bond acceptors (Lipinski definition) is 5. The molecule has 0 bridgehead atoms. The molecule has 1 aromatic heterocycles. The highest BCUT2D eigenvalue weighted by Crippen LogP contribution is 2.17. The average Bonchev–Trinajstić information content (AvgIpc) is 2.75. The first-order chi connectivity index (χ1) is 14.9. The van der Waals surface area contributed by atoms with Crippen LogP contribution in [0.3, 0.4) is 0 Å². The molecule has 0 saturated heterocycles. The molecule has 1 amide bonds. The second-order valence-corrected chi connectivity index (χ2v) is 7.39. The molecule has 0 saturated carbocycles. The molecule has 156 valence electrons. The zero-order valence-electron chi connectivity index (χ0n) is 17.2. The van der Waals surface area contributed by atoms with Gasteiger partial charge < -0.3 is 9.88 Å². The van der Waals surface area contributed by atoms with Crippen molar-refractivity contribution in [3.63, 3.8) is 0 Å². The van der Waals surface area contributed by atoms with Crippen LogP contribution in [0.15, 0.2) is 70.6 Å². The second-order valence-electron chi connectivity index (χ2n) is 7.39. The maximum absolute atomic E-state index is 13.0. The van der Waals surface area contributed by atoms with Crippen molar-refractivity contribution in [1.82, 2.24) is 19.1 Å². The Kier molecular flexibility index (Phi) is 5.44. The standard InChI is InChI=1S/C23H21N5O3/c1-15-7-8-16(2)19(11-15)25-20(29)14-27-10-4-6-18-21(27)26-23(31)28(22(18)30)13-17-5-3-9-24-12-17/h3-12H,13-14H2,1-2H3,(H,25,29). The van der Waals surface area contributed by atoms with E-state index in [9.17, 15) is 14.4 Å². The van der Waals surface area contributed by atoms with Crippen molar-refractivity contribution in [2.45, 2.75) is 26.9 Å². The molecule has 0 atom stereocenters. The first-order valence-corrected chi connectivity index (χ1v) is 9.78. The quantitative estimate of drug-likeness (QED) is 0.539. The summed E-state index contributed by atoms with van der Waals surface area (Å²) in [7, 11) is 0. The Labute approximate surface area is 178 Å². The number of nitrogens with one attached hydrogen (secondary N) is 1. The summed E-state index contributed by atoms with van der Waals surface area (Å²) in [6.45, 7) is 3.86. The number of rotatable bonds is 5. The number of fused-ring (bicyclic) bond motifs is 1. The molecular weight excluding hydrogens is 394 g/mol. The van der Waals surface area contributed by atoms with Crippen LogP contribution in [0.25, 0.3) is 11.4 Å². The van der Waals surface area contributed by atoms with E-state index in [1.54, 1.807) is 42.9 Å². The maximum Gasteiger partial charge on any atom is 0.352 e. The van der Waals surface area contributed by atoms with E-state index in [0.717, 1.165) is 26.9 Å². The van der Waals surface area contributed by atoms with Gasteiger partial charge in [-0.15, -0.1) is 0 Å². The fourth-order valence-corrected chi connectivity index (χ4v) is 3.37. The Morgan fingerprint density at radius 3 is 2.71 bits per heavy atom. The van der Waals surface area contributed by atoms with Gasteiger partial charge in [0.1, 0.15) is 6.54 Å². The smallest absolute Gasteiger partial charge is 0.324 e. The Balaban J connectivity index is 1.65. The summed E-state index contributed by atoms with van der Waals surface area (Å²) >= 11 is 0. The van der Waals surface area contributed by atoms with Gasteiger partial charge in [-0.3, -0.25) is 19.1 Å². The normalized spacial score (nSPS) is 10.9. The third-order valence-electron chi connectivity index (χ3n) is 4.99. The fourth-order valence-electron chi connectivity index (χ4n) is 3.37. The van der Waals surface area contributed by atoms with Crippen LogP contribution in [0.5, 0.6) is 0 Å². The van der Waals surface area contributed by atoms with E-state index in [0.29, 0.717) is 0 Å². The van der Waals surface area contributed by atoms with E-state index in [-0.39, 0.29) is 30.4 Å². The van der Waals surface area contributed by atoms with E-state index in [1.165, 1.54) is 4.57 Å². The molecule has 4 rings (SSSR count). The lowest BCUT2D eigenvalue weighted by molar-refractivity contribution is -0.116. The number of benzene rings is 1. The first-order valence-electron chi connectivity index (χ1n) is 9.78. The Bertz CT molecular complexity index is 1340. The number of anilines is 1. The van der Waals surface area contributed by atoms with Crippen molar-refractivity contribution < 1.29 is 4.79 Å². The topological polar surface area (TPSA) is 98.9 Å². The van der Waals surface area contributed by atoms with E-state index >= 15 is 0 Å². The van der Waals surface area contributed by atoms with Gasteiger partial charge >= 0.3 is 5.69 Å². The fraction of sp³-hybridized carbons (Fsp3) is 0.174. The van der Waals surface area contributed by atoms with Crippen molar-refractivity contribution in [2.24, 2.45) is 0 Å². The van der Waals surface area contributed by atoms with Crippen LogP contribution in [-0.4, -0.2) is 25.0 Å². The van der Waals surface area contributed by atoms with Crippen LogP contribution < -0.4 is 16.6 Å². The highest BCUT2D eigenvalue weighted by molar-refractivity contribution is 5.91. The molecule has 1 N–H and O–H groups in total. The van der Waals surface area contributed by atoms with Crippen LogP contribution in [0.4, 0.5) is 5.69 Å². The molecule has 2 aromatic rings. The van der Waals surface area contributed by atoms with Gasteiger partial charge in [0.25, 0.3) is 5.56 Å². The number of carbonyl (C=O) groups excluding carboxylic acids is 1.